The van der Waals surface area contributed by atoms with Gasteiger partial charge in [0.15, 0.2) is 5.58 Å². The molecule has 51 heavy (non-hydrogen) atoms. The highest BCUT2D eigenvalue weighted by Crippen LogP contribution is 2.38. The predicted molar refractivity (Wildman–Crippen MR) is 211 cm³/mol. The van der Waals surface area contributed by atoms with Gasteiger partial charge in [0, 0.05) is 44.5 Å². The molecule has 10 aromatic rings. The zero-order valence-electron chi connectivity index (χ0n) is 27.6. The van der Waals surface area contributed by atoms with Gasteiger partial charge in [-0.25, -0.2) is 4.98 Å². The molecule has 10 rings (SSSR count). The lowest BCUT2D eigenvalue weighted by Gasteiger charge is -2.26. The third kappa shape index (κ3) is 4.96. The molecule has 0 bridgehead atoms. The summed E-state index contributed by atoms with van der Waals surface area (Å²) in [6.07, 6.45) is 0. The number of hydrogen-bond acceptors (Lipinski definition) is 3. The van der Waals surface area contributed by atoms with Crippen LogP contribution in [0.2, 0.25) is 0 Å². The number of aromatic nitrogens is 2. The quantitative estimate of drug-likeness (QED) is 0.179. The van der Waals surface area contributed by atoms with E-state index in [9.17, 15) is 0 Å². The van der Waals surface area contributed by atoms with Crippen LogP contribution in [0, 0.1) is 0 Å². The van der Waals surface area contributed by atoms with Gasteiger partial charge in [0.05, 0.1) is 11.0 Å². The molecule has 240 valence electrons. The first-order valence-corrected chi connectivity index (χ1v) is 17.2. The van der Waals surface area contributed by atoms with E-state index in [0.717, 1.165) is 61.3 Å². The van der Waals surface area contributed by atoms with Crippen LogP contribution < -0.4 is 4.90 Å². The zero-order chi connectivity index (χ0) is 33.7. The Labute approximate surface area is 295 Å². The highest BCUT2D eigenvalue weighted by molar-refractivity contribution is 6.09. The average molecular weight is 654 g/mol. The zero-order valence-corrected chi connectivity index (χ0v) is 27.6. The van der Waals surface area contributed by atoms with Crippen molar-refractivity contribution >= 4 is 60.7 Å². The Hall–Kier alpha value is -6.91. The fraction of sp³-hybridized carbons (Fsp3) is 0. The number of hydrogen-bond donors (Lipinski definition) is 0. The number of benzene rings is 8. The molecule has 0 atom stereocenters. The molecule has 0 aliphatic heterocycles. The van der Waals surface area contributed by atoms with E-state index in [2.05, 4.69) is 161 Å². The topological polar surface area (TPSA) is 34.2 Å². The maximum atomic E-state index is 6.29. The number of anilines is 3. The van der Waals surface area contributed by atoms with Crippen LogP contribution in [0.1, 0.15) is 0 Å². The van der Waals surface area contributed by atoms with Crippen LogP contribution in [0.25, 0.3) is 71.9 Å². The summed E-state index contributed by atoms with van der Waals surface area (Å²) in [7, 11) is 0. The molecule has 4 heteroatoms. The molecule has 0 aliphatic rings. The molecule has 0 saturated carbocycles. The molecule has 0 fully saturated rings. The Bertz CT molecular complexity index is 2780. The van der Waals surface area contributed by atoms with Crippen LogP contribution in [0.5, 0.6) is 0 Å². The Morgan fingerprint density at radius 2 is 1.00 bits per heavy atom. The number of nitrogens with zero attached hydrogens (tertiary/aromatic N) is 3. The van der Waals surface area contributed by atoms with E-state index >= 15 is 0 Å². The normalized spacial score (nSPS) is 11.5. The van der Waals surface area contributed by atoms with Gasteiger partial charge in [0.25, 0.3) is 0 Å². The fourth-order valence-corrected chi connectivity index (χ4v) is 7.38. The lowest BCUT2D eigenvalue weighted by molar-refractivity contribution is 0.623. The SMILES string of the molecule is c1ccc(-c2nc3ccc4cc(-c5ccc(N(c6ccccc6)c6ccc(-n7c8ccccc8c8ccccc87)cc6)cc5)ccc4c3o2)cc1. The van der Waals surface area contributed by atoms with Gasteiger partial charge in [-0.3, -0.25) is 0 Å². The second-order valence-corrected chi connectivity index (χ2v) is 12.8. The molecule has 0 aliphatic carbocycles. The molecule has 2 heterocycles. The van der Waals surface area contributed by atoms with Gasteiger partial charge in [-0.15, -0.1) is 0 Å². The van der Waals surface area contributed by atoms with Gasteiger partial charge in [0.2, 0.25) is 5.89 Å². The molecule has 8 aromatic carbocycles. The van der Waals surface area contributed by atoms with Crippen molar-refractivity contribution in [2.45, 2.75) is 0 Å². The van der Waals surface area contributed by atoms with Gasteiger partial charge < -0.3 is 13.9 Å². The molecule has 0 radical (unpaired) electrons. The largest absolute Gasteiger partial charge is 0.435 e. The summed E-state index contributed by atoms with van der Waals surface area (Å²) in [5.41, 5.74) is 11.8. The van der Waals surface area contributed by atoms with Crippen LogP contribution in [0.4, 0.5) is 17.1 Å². The summed E-state index contributed by atoms with van der Waals surface area (Å²) in [5, 5.41) is 4.70. The van der Waals surface area contributed by atoms with E-state index < -0.39 is 0 Å². The second-order valence-electron chi connectivity index (χ2n) is 12.8. The van der Waals surface area contributed by atoms with Crippen molar-refractivity contribution in [2.75, 3.05) is 4.90 Å². The fourth-order valence-electron chi connectivity index (χ4n) is 7.38. The summed E-state index contributed by atoms with van der Waals surface area (Å²) in [6.45, 7) is 0. The minimum absolute atomic E-state index is 0.641. The van der Waals surface area contributed by atoms with Crippen molar-refractivity contribution in [3.05, 3.63) is 188 Å². The van der Waals surface area contributed by atoms with E-state index in [1.165, 1.54) is 21.8 Å². The Morgan fingerprint density at radius 1 is 0.431 bits per heavy atom. The first kappa shape index (κ1) is 29.0. The molecule has 2 aromatic heterocycles. The van der Waals surface area contributed by atoms with E-state index in [-0.39, 0.29) is 0 Å². The highest BCUT2D eigenvalue weighted by atomic mass is 16.3. The Balaban J connectivity index is 0.998. The molecule has 4 nitrogen and oxygen atoms in total. The first-order chi connectivity index (χ1) is 25.3. The van der Waals surface area contributed by atoms with Crippen molar-refractivity contribution in [3.8, 4) is 28.3 Å². The van der Waals surface area contributed by atoms with Crippen molar-refractivity contribution in [3.63, 3.8) is 0 Å². The van der Waals surface area contributed by atoms with Gasteiger partial charge in [-0.1, -0.05) is 97.1 Å². The number of oxazole rings is 1. The van der Waals surface area contributed by atoms with Crippen molar-refractivity contribution < 1.29 is 4.42 Å². The van der Waals surface area contributed by atoms with E-state index in [4.69, 9.17) is 9.40 Å². The standard InChI is InChI=1S/C47H31N3O/c1-3-11-33(12-4-1)47-48-43-30-22-35-31-34(21-29-40(35)46(43)51-47)32-19-23-37(24-20-32)49(36-13-5-2-6-14-36)38-25-27-39(28-26-38)50-44-17-9-7-15-41(44)42-16-8-10-18-45(42)50/h1-31H. The molecular weight excluding hydrogens is 623 g/mol. The summed E-state index contributed by atoms with van der Waals surface area (Å²) in [6, 6.07) is 66.3. The van der Waals surface area contributed by atoms with Gasteiger partial charge >= 0.3 is 0 Å². The van der Waals surface area contributed by atoms with Crippen LogP contribution in [0.15, 0.2) is 192 Å². The smallest absolute Gasteiger partial charge is 0.227 e. The monoisotopic (exact) mass is 653 g/mol. The average Bonchev–Trinajstić information content (AvgIpc) is 3.80. The lowest BCUT2D eigenvalue weighted by Crippen LogP contribution is -2.10. The molecule has 0 saturated heterocycles. The predicted octanol–water partition coefficient (Wildman–Crippen LogP) is 12.9. The van der Waals surface area contributed by atoms with Crippen molar-refractivity contribution in [1.29, 1.82) is 0 Å². The molecule has 0 N–H and O–H groups in total. The second kappa shape index (κ2) is 11.9. The van der Waals surface area contributed by atoms with Gasteiger partial charge in [-0.05, 0) is 108 Å². The summed E-state index contributed by atoms with van der Waals surface area (Å²) < 4.78 is 8.64. The molecule has 0 spiro atoms. The third-order valence-electron chi connectivity index (χ3n) is 9.81. The van der Waals surface area contributed by atoms with Crippen LogP contribution in [-0.2, 0) is 0 Å². The van der Waals surface area contributed by atoms with Crippen LogP contribution in [-0.4, -0.2) is 9.55 Å². The minimum atomic E-state index is 0.641. The Morgan fingerprint density at radius 3 is 1.69 bits per heavy atom. The van der Waals surface area contributed by atoms with E-state index in [1.54, 1.807) is 0 Å². The van der Waals surface area contributed by atoms with Gasteiger partial charge in [-0.2, -0.15) is 0 Å². The number of fused-ring (bicyclic) bond motifs is 6. The lowest BCUT2D eigenvalue weighted by atomic mass is 10.0. The molecule has 0 unspecified atom stereocenters. The van der Waals surface area contributed by atoms with Crippen LogP contribution in [0.3, 0.4) is 0 Å². The van der Waals surface area contributed by atoms with Crippen molar-refractivity contribution in [1.82, 2.24) is 9.55 Å². The minimum Gasteiger partial charge on any atom is -0.435 e. The molecular formula is C47H31N3O. The summed E-state index contributed by atoms with van der Waals surface area (Å²) in [5.74, 6) is 0.641. The first-order valence-electron chi connectivity index (χ1n) is 17.2. The van der Waals surface area contributed by atoms with E-state index in [0.29, 0.717) is 5.89 Å². The molecule has 0 amide bonds. The number of rotatable bonds is 6. The van der Waals surface area contributed by atoms with Gasteiger partial charge in [0.1, 0.15) is 5.52 Å². The number of para-hydroxylation sites is 3. The maximum absolute atomic E-state index is 6.29. The summed E-state index contributed by atoms with van der Waals surface area (Å²) in [4.78, 5) is 7.07. The third-order valence-corrected chi connectivity index (χ3v) is 9.81. The van der Waals surface area contributed by atoms with Crippen molar-refractivity contribution in [2.24, 2.45) is 0 Å². The van der Waals surface area contributed by atoms with Crippen LogP contribution >= 0.6 is 0 Å². The maximum Gasteiger partial charge on any atom is 0.227 e. The Kier molecular flexibility index (Phi) is 6.78. The summed E-state index contributed by atoms with van der Waals surface area (Å²) >= 11 is 0. The van der Waals surface area contributed by atoms with E-state index in [1.807, 2.05) is 36.4 Å². The highest BCUT2D eigenvalue weighted by Gasteiger charge is 2.16.